The lowest BCUT2D eigenvalue weighted by molar-refractivity contribution is 0.216. The highest BCUT2D eigenvalue weighted by Gasteiger charge is 2.15. The number of nitrogens with zero attached hydrogens (tertiary/aromatic N) is 1. The van der Waals surface area contributed by atoms with Crippen molar-refractivity contribution in [3.63, 3.8) is 0 Å². The molecule has 3 N–H and O–H groups in total. The van der Waals surface area contributed by atoms with Crippen molar-refractivity contribution in [1.29, 1.82) is 0 Å². The molecule has 0 atom stereocenters. The SMILES string of the molecule is Cc1cc(-c2ccc(CN)cc2)oc1CN1CCNCC1. The Morgan fingerprint density at radius 2 is 1.90 bits per heavy atom. The molecule has 1 aromatic heterocycles. The third-order valence-corrected chi connectivity index (χ3v) is 4.07. The highest BCUT2D eigenvalue weighted by Crippen LogP contribution is 2.26. The molecule has 0 spiro atoms. The first-order chi connectivity index (χ1) is 10.3. The van der Waals surface area contributed by atoms with Crippen LogP contribution in [0.5, 0.6) is 0 Å². The molecule has 2 heterocycles. The van der Waals surface area contributed by atoms with E-state index in [0.717, 1.165) is 55.4 Å². The molecule has 0 unspecified atom stereocenters. The Labute approximate surface area is 125 Å². The van der Waals surface area contributed by atoms with E-state index in [1.165, 1.54) is 5.56 Å². The Morgan fingerprint density at radius 3 is 2.57 bits per heavy atom. The van der Waals surface area contributed by atoms with Gasteiger partial charge in [0.2, 0.25) is 0 Å². The van der Waals surface area contributed by atoms with Crippen LogP contribution in [0.1, 0.15) is 16.9 Å². The van der Waals surface area contributed by atoms with E-state index in [1.807, 2.05) is 0 Å². The Morgan fingerprint density at radius 1 is 1.19 bits per heavy atom. The number of benzene rings is 1. The molecule has 0 aliphatic carbocycles. The van der Waals surface area contributed by atoms with E-state index in [0.29, 0.717) is 6.54 Å². The van der Waals surface area contributed by atoms with E-state index in [2.05, 4.69) is 47.5 Å². The average Bonchev–Trinajstić information content (AvgIpc) is 2.89. The van der Waals surface area contributed by atoms with Crippen molar-refractivity contribution in [2.45, 2.75) is 20.0 Å². The number of nitrogens with one attached hydrogen (secondary N) is 1. The van der Waals surface area contributed by atoms with Gasteiger partial charge in [-0.1, -0.05) is 24.3 Å². The van der Waals surface area contributed by atoms with E-state index in [-0.39, 0.29) is 0 Å². The third kappa shape index (κ3) is 3.35. The summed E-state index contributed by atoms with van der Waals surface area (Å²) in [4.78, 5) is 2.43. The number of nitrogens with two attached hydrogens (primary N) is 1. The van der Waals surface area contributed by atoms with Crippen LogP contribution in [0.2, 0.25) is 0 Å². The fourth-order valence-corrected chi connectivity index (χ4v) is 2.70. The first-order valence-corrected chi connectivity index (χ1v) is 7.58. The van der Waals surface area contributed by atoms with Gasteiger partial charge in [0.25, 0.3) is 0 Å². The zero-order valence-electron chi connectivity index (χ0n) is 12.6. The minimum Gasteiger partial charge on any atom is -0.459 e. The van der Waals surface area contributed by atoms with Crippen molar-refractivity contribution >= 4 is 0 Å². The lowest BCUT2D eigenvalue weighted by Gasteiger charge is -2.26. The van der Waals surface area contributed by atoms with Crippen LogP contribution >= 0.6 is 0 Å². The second kappa shape index (κ2) is 6.43. The second-order valence-electron chi connectivity index (χ2n) is 5.64. The standard InChI is InChI=1S/C17H23N3O/c1-13-10-16(15-4-2-14(11-18)3-5-15)21-17(13)12-20-8-6-19-7-9-20/h2-5,10,19H,6-9,11-12,18H2,1H3. The molecule has 4 nitrogen and oxygen atoms in total. The van der Waals surface area contributed by atoms with Crippen LogP contribution < -0.4 is 11.1 Å². The molecule has 3 rings (SSSR count). The predicted molar refractivity (Wildman–Crippen MR) is 84.9 cm³/mol. The van der Waals surface area contributed by atoms with Crippen LogP contribution in [0.3, 0.4) is 0 Å². The largest absolute Gasteiger partial charge is 0.459 e. The summed E-state index contributed by atoms with van der Waals surface area (Å²) in [6.45, 7) is 7.89. The van der Waals surface area contributed by atoms with Gasteiger partial charge in [-0.05, 0) is 24.1 Å². The van der Waals surface area contributed by atoms with Crippen molar-refractivity contribution < 1.29 is 4.42 Å². The van der Waals surface area contributed by atoms with Gasteiger partial charge >= 0.3 is 0 Å². The molecular formula is C17H23N3O. The van der Waals surface area contributed by atoms with Crippen molar-refractivity contribution in [3.05, 3.63) is 47.2 Å². The van der Waals surface area contributed by atoms with Gasteiger partial charge in [-0.3, -0.25) is 4.90 Å². The Bertz CT molecular complexity index is 583. The summed E-state index contributed by atoms with van der Waals surface area (Å²) in [6.07, 6.45) is 0. The third-order valence-electron chi connectivity index (χ3n) is 4.07. The molecule has 1 aliphatic rings. The molecule has 1 aromatic carbocycles. The van der Waals surface area contributed by atoms with Gasteiger partial charge in [0.1, 0.15) is 11.5 Å². The quantitative estimate of drug-likeness (QED) is 0.903. The normalized spacial score (nSPS) is 16.3. The summed E-state index contributed by atoms with van der Waals surface area (Å²) >= 11 is 0. The van der Waals surface area contributed by atoms with Crippen LogP contribution in [0.4, 0.5) is 0 Å². The predicted octanol–water partition coefficient (Wildman–Crippen LogP) is 2.12. The summed E-state index contributed by atoms with van der Waals surface area (Å²) in [7, 11) is 0. The molecular weight excluding hydrogens is 262 g/mol. The summed E-state index contributed by atoms with van der Waals surface area (Å²) in [5.74, 6) is 2.02. The highest BCUT2D eigenvalue weighted by molar-refractivity contribution is 5.59. The fourth-order valence-electron chi connectivity index (χ4n) is 2.70. The Hall–Kier alpha value is -1.62. The smallest absolute Gasteiger partial charge is 0.134 e. The molecule has 1 fully saturated rings. The summed E-state index contributed by atoms with van der Waals surface area (Å²) in [6, 6.07) is 10.4. The highest BCUT2D eigenvalue weighted by atomic mass is 16.3. The van der Waals surface area contributed by atoms with Crippen molar-refractivity contribution in [3.8, 4) is 11.3 Å². The Balaban J connectivity index is 1.76. The Kier molecular flexibility index (Phi) is 4.39. The molecule has 2 aromatic rings. The number of aryl methyl sites for hydroxylation is 1. The minimum absolute atomic E-state index is 0.575. The number of hydrogen-bond donors (Lipinski definition) is 2. The molecule has 0 radical (unpaired) electrons. The van der Waals surface area contributed by atoms with E-state index in [4.69, 9.17) is 10.2 Å². The van der Waals surface area contributed by atoms with E-state index in [9.17, 15) is 0 Å². The maximum Gasteiger partial charge on any atom is 0.134 e. The van der Waals surface area contributed by atoms with Crippen LogP contribution in [-0.2, 0) is 13.1 Å². The van der Waals surface area contributed by atoms with Crippen LogP contribution in [0.25, 0.3) is 11.3 Å². The van der Waals surface area contributed by atoms with Crippen molar-refractivity contribution in [2.75, 3.05) is 26.2 Å². The van der Waals surface area contributed by atoms with Gasteiger partial charge in [-0.15, -0.1) is 0 Å². The monoisotopic (exact) mass is 285 g/mol. The summed E-state index contributed by atoms with van der Waals surface area (Å²) in [5.41, 5.74) is 9.12. The van der Waals surface area contributed by atoms with Gasteiger partial charge in [-0.2, -0.15) is 0 Å². The number of furan rings is 1. The van der Waals surface area contributed by atoms with E-state index >= 15 is 0 Å². The molecule has 0 saturated carbocycles. The maximum absolute atomic E-state index is 6.08. The van der Waals surface area contributed by atoms with Crippen molar-refractivity contribution in [1.82, 2.24) is 10.2 Å². The molecule has 112 valence electrons. The zero-order valence-corrected chi connectivity index (χ0v) is 12.6. The molecule has 1 aliphatic heterocycles. The first kappa shape index (κ1) is 14.3. The molecule has 0 bridgehead atoms. The number of rotatable bonds is 4. The molecule has 0 amide bonds. The minimum atomic E-state index is 0.575. The zero-order chi connectivity index (χ0) is 14.7. The maximum atomic E-state index is 6.08. The fraction of sp³-hybridized carbons (Fsp3) is 0.412. The van der Waals surface area contributed by atoms with Gasteiger partial charge < -0.3 is 15.5 Å². The first-order valence-electron chi connectivity index (χ1n) is 7.58. The van der Waals surface area contributed by atoms with Crippen LogP contribution in [-0.4, -0.2) is 31.1 Å². The van der Waals surface area contributed by atoms with E-state index in [1.54, 1.807) is 0 Å². The lowest BCUT2D eigenvalue weighted by atomic mass is 10.1. The average molecular weight is 285 g/mol. The summed E-state index contributed by atoms with van der Waals surface area (Å²) in [5, 5.41) is 3.37. The second-order valence-corrected chi connectivity index (χ2v) is 5.64. The van der Waals surface area contributed by atoms with Gasteiger partial charge in [0, 0.05) is 38.3 Å². The van der Waals surface area contributed by atoms with Gasteiger partial charge in [0.05, 0.1) is 6.54 Å². The van der Waals surface area contributed by atoms with Gasteiger partial charge in [0.15, 0.2) is 0 Å². The molecule has 21 heavy (non-hydrogen) atoms. The number of piperazine rings is 1. The van der Waals surface area contributed by atoms with Gasteiger partial charge in [-0.25, -0.2) is 0 Å². The topological polar surface area (TPSA) is 54.4 Å². The molecule has 4 heteroatoms. The lowest BCUT2D eigenvalue weighted by Crippen LogP contribution is -2.42. The van der Waals surface area contributed by atoms with Crippen LogP contribution in [0, 0.1) is 6.92 Å². The van der Waals surface area contributed by atoms with Crippen molar-refractivity contribution in [2.24, 2.45) is 5.73 Å². The van der Waals surface area contributed by atoms with E-state index < -0.39 is 0 Å². The number of hydrogen-bond acceptors (Lipinski definition) is 4. The summed E-state index contributed by atoms with van der Waals surface area (Å²) < 4.78 is 6.08. The molecule has 1 saturated heterocycles. The van der Waals surface area contributed by atoms with Crippen LogP contribution in [0.15, 0.2) is 34.7 Å².